The molecule has 1 aromatic rings. The molecule has 1 aromatic heterocycles. The van der Waals surface area contributed by atoms with Crippen LogP contribution in [0.2, 0.25) is 0 Å². The summed E-state index contributed by atoms with van der Waals surface area (Å²) < 4.78 is 36.2. The Morgan fingerprint density at radius 2 is 2.04 bits per heavy atom. The predicted octanol–water partition coefficient (Wildman–Crippen LogP) is -1.68. The molecular formula is C9H15N3NaO10P2. The van der Waals surface area contributed by atoms with E-state index < -0.39 is 46.4 Å². The van der Waals surface area contributed by atoms with Gasteiger partial charge in [0.2, 0.25) is 0 Å². The van der Waals surface area contributed by atoms with Gasteiger partial charge < -0.3 is 30.3 Å². The zero-order valence-corrected chi connectivity index (χ0v) is 16.7. The van der Waals surface area contributed by atoms with Gasteiger partial charge in [-0.05, 0) is 6.07 Å². The summed E-state index contributed by atoms with van der Waals surface area (Å²) >= 11 is 0. The zero-order chi connectivity index (χ0) is 18.1. The van der Waals surface area contributed by atoms with Crippen molar-refractivity contribution in [2.24, 2.45) is 0 Å². The molecule has 1 radical (unpaired) electrons. The average molecular weight is 410 g/mol. The van der Waals surface area contributed by atoms with Crippen LogP contribution in [0.5, 0.6) is 0 Å². The van der Waals surface area contributed by atoms with Gasteiger partial charge in [0.1, 0.15) is 18.1 Å². The summed E-state index contributed by atoms with van der Waals surface area (Å²) in [6.07, 6.45) is -1.97. The molecule has 0 spiro atoms. The molecule has 1 saturated heterocycles. The van der Waals surface area contributed by atoms with Crippen LogP contribution in [0.25, 0.3) is 0 Å². The van der Waals surface area contributed by atoms with Crippen molar-refractivity contribution in [2.75, 3.05) is 12.3 Å². The van der Waals surface area contributed by atoms with Gasteiger partial charge in [0, 0.05) is 42.2 Å². The fourth-order valence-electron chi connectivity index (χ4n) is 2.01. The quantitative estimate of drug-likeness (QED) is 0.263. The monoisotopic (exact) mass is 410 g/mol. The maximum atomic E-state index is 11.7. The number of phosphoric ester groups is 1. The zero-order valence-electron chi connectivity index (χ0n) is 12.9. The van der Waals surface area contributed by atoms with E-state index in [-0.39, 0.29) is 41.8 Å². The number of nitrogens with zero attached hydrogens (tertiary/aromatic N) is 2. The smallest absolute Gasteiger partial charge is 0.390 e. The topological polar surface area (TPSA) is 204 Å². The minimum absolute atomic E-state index is 0. The summed E-state index contributed by atoms with van der Waals surface area (Å²) in [5.74, 6) is 0.00508. The SMILES string of the molecule is Nc1ccn([C@H]2C[C@H](O)[C@@H](COP(=O)(O)OP(=O)(O)O)O2)c(=O)n1.[Na]. The van der Waals surface area contributed by atoms with Crippen molar-refractivity contribution < 1.29 is 42.5 Å². The van der Waals surface area contributed by atoms with Crippen LogP contribution >= 0.6 is 15.6 Å². The second kappa shape index (κ2) is 8.70. The third-order valence-electron chi connectivity index (χ3n) is 2.98. The average Bonchev–Trinajstić information content (AvgIpc) is 2.75. The minimum atomic E-state index is -5.24. The van der Waals surface area contributed by atoms with Gasteiger partial charge >= 0.3 is 21.3 Å². The number of aliphatic hydroxyl groups is 1. The first-order chi connectivity index (χ1) is 11.0. The van der Waals surface area contributed by atoms with Gasteiger partial charge in [-0.1, -0.05) is 0 Å². The summed E-state index contributed by atoms with van der Waals surface area (Å²) in [6, 6.07) is 1.34. The van der Waals surface area contributed by atoms with E-state index in [1.807, 2.05) is 0 Å². The predicted molar refractivity (Wildman–Crippen MR) is 82.1 cm³/mol. The number of hydrogen-bond donors (Lipinski definition) is 5. The molecule has 0 aliphatic carbocycles. The Morgan fingerprint density at radius 1 is 1.40 bits per heavy atom. The number of aliphatic hydroxyl groups excluding tert-OH is 1. The van der Waals surface area contributed by atoms with Gasteiger partial charge in [-0.15, -0.1) is 0 Å². The molecule has 4 atom stereocenters. The van der Waals surface area contributed by atoms with Crippen LogP contribution in [-0.2, 0) is 22.7 Å². The second-order valence-corrected chi connectivity index (χ2v) is 7.64. The van der Waals surface area contributed by atoms with Crippen LogP contribution in [0.15, 0.2) is 17.1 Å². The standard InChI is InChI=1S/C9H15N3O10P2.Na/c10-7-1-2-12(9(14)11-7)8-3-5(13)6(21-8)4-20-24(18,19)22-23(15,16)17;/h1-2,5-6,8,13H,3-4H2,(H,18,19)(H2,10,11,14)(H2,15,16,17);/t5-,6+,8+;/m0./s1. The first-order valence-electron chi connectivity index (χ1n) is 6.39. The molecular weight excluding hydrogens is 395 g/mol. The number of ether oxygens (including phenoxy) is 1. The summed E-state index contributed by atoms with van der Waals surface area (Å²) in [6.45, 7) is -0.706. The number of nitrogen functional groups attached to an aromatic ring is 1. The molecule has 0 saturated carbocycles. The van der Waals surface area contributed by atoms with Gasteiger partial charge in [0.25, 0.3) is 0 Å². The van der Waals surface area contributed by atoms with Crippen molar-refractivity contribution in [3.8, 4) is 0 Å². The molecule has 137 valence electrons. The number of rotatable bonds is 6. The molecule has 0 aromatic carbocycles. The fraction of sp³-hybridized carbons (Fsp3) is 0.556. The van der Waals surface area contributed by atoms with E-state index in [2.05, 4.69) is 13.8 Å². The molecule has 0 amide bonds. The first-order valence-corrected chi connectivity index (χ1v) is 9.42. The molecule has 13 nitrogen and oxygen atoms in total. The van der Waals surface area contributed by atoms with Crippen LogP contribution in [0.1, 0.15) is 12.6 Å². The number of aromatic nitrogens is 2. The Balaban J connectivity index is 0.00000312. The first kappa shape index (κ1) is 22.9. The van der Waals surface area contributed by atoms with Crippen LogP contribution in [0.4, 0.5) is 5.82 Å². The Hall–Kier alpha value is -0.140. The van der Waals surface area contributed by atoms with E-state index in [1.165, 1.54) is 12.3 Å². The largest absolute Gasteiger partial charge is 0.481 e. The molecule has 1 fully saturated rings. The van der Waals surface area contributed by atoms with Gasteiger partial charge in [-0.25, -0.2) is 13.9 Å². The molecule has 2 heterocycles. The van der Waals surface area contributed by atoms with Gasteiger partial charge in [-0.3, -0.25) is 9.09 Å². The number of anilines is 1. The Labute approximate surface area is 162 Å². The van der Waals surface area contributed by atoms with E-state index in [0.717, 1.165) is 4.57 Å². The molecule has 1 aliphatic heterocycles. The van der Waals surface area contributed by atoms with Crippen LogP contribution < -0.4 is 11.4 Å². The van der Waals surface area contributed by atoms with Crippen molar-refractivity contribution in [3.63, 3.8) is 0 Å². The minimum Gasteiger partial charge on any atom is -0.390 e. The van der Waals surface area contributed by atoms with Crippen molar-refractivity contribution in [3.05, 3.63) is 22.7 Å². The van der Waals surface area contributed by atoms with E-state index in [4.69, 9.17) is 25.2 Å². The Morgan fingerprint density at radius 3 is 2.60 bits per heavy atom. The molecule has 6 N–H and O–H groups in total. The van der Waals surface area contributed by atoms with Crippen LogP contribution in [0.3, 0.4) is 0 Å². The molecule has 0 bridgehead atoms. The summed E-state index contributed by atoms with van der Waals surface area (Å²) in [4.78, 5) is 41.3. The Bertz CT molecular complexity index is 753. The molecule has 25 heavy (non-hydrogen) atoms. The number of hydrogen-bond acceptors (Lipinski definition) is 9. The third kappa shape index (κ3) is 6.83. The van der Waals surface area contributed by atoms with E-state index in [0.29, 0.717) is 0 Å². The fourth-order valence-corrected chi connectivity index (χ4v) is 3.61. The Kier molecular flexibility index (Phi) is 7.97. The second-order valence-electron chi connectivity index (χ2n) is 4.81. The van der Waals surface area contributed by atoms with E-state index >= 15 is 0 Å². The molecule has 16 heteroatoms. The number of phosphoric acid groups is 2. The third-order valence-corrected chi connectivity index (χ3v) is 5.13. The van der Waals surface area contributed by atoms with Crippen molar-refractivity contribution in [1.82, 2.24) is 9.55 Å². The maximum absolute atomic E-state index is 11.7. The molecule has 1 aliphatic rings. The molecule has 1 unspecified atom stereocenters. The van der Waals surface area contributed by atoms with Crippen molar-refractivity contribution in [2.45, 2.75) is 24.9 Å². The van der Waals surface area contributed by atoms with Gasteiger partial charge in [0.15, 0.2) is 0 Å². The van der Waals surface area contributed by atoms with E-state index in [1.54, 1.807) is 0 Å². The van der Waals surface area contributed by atoms with Gasteiger partial charge in [0.05, 0.1) is 12.7 Å². The van der Waals surface area contributed by atoms with Crippen molar-refractivity contribution in [1.29, 1.82) is 0 Å². The van der Waals surface area contributed by atoms with E-state index in [9.17, 15) is 19.0 Å². The normalized spacial score (nSPS) is 26.0. The number of nitrogens with two attached hydrogens (primary N) is 1. The van der Waals surface area contributed by atoms with Crippen LogP contribution in [-0.4, -0.2) is 77.7 Å². The summed E-state index contributed by atoms with van der Waals surface area (Å²) in [7, 11) is -10.3. The maximum Gasteiger partial charge on any atom is 0.481 e. The van der Waals surface area contributed by atoms with Crippen LogP contribution in [0, 0.1) is 0 Å². The van der Waals surface area contributed by atoms with Gasteiger partial charge in [-0.2, -0.15) is 9.29 Å². The summed E-state index contributed by atoms with van der Waals surface area (Å²) in [5, 5.41) is 9.86. The molecule has 2 rings (SSSR count). The van der Waals surface area contributed by atoms with Crippen molar-refractivity contribution >= 4 is 51.0 Å². The summed E-state index contributed by atoms with van der Waals surface area (Å²) in [5.41, 5.74) is 4.64.